The number of nitrogens with two attached hydrogens (primary N) is 1. The van der Waals surface area contributed by atoms with Gasteiger partial charge >= 0.3 is 6.09 Å². The summed E-state index contributed by atoms with van der Waals surface area (Å²) < 4.78 is 10.5. The number of hydrogen-bond acceptors (Lipinski definition) is 5. The topological polar surface area (TPSA) is 81.6 Å². The highest BCUT2D eigenvalue weighted by molar-refractivity contribution is 5.69. The highest BCUT2D eigenvalue weighted by Crippen LogP contribution is 2.29. The second-order valence-corrected chi connectivity index (χ2v) is 5.18. The Hall–Kier alpha value is -1.72. The number of amides is 1. The third kappa shape index (κ3) is 2.69. The maximum Gasteiger partial charge on any atom is 0.410 e. The minimum Gasteiger partial charge on any atom is -0.444 e. The van der Waals surface area contributed by atoms with E-state index in [-0.39, 0.29) is 18.0 Å². The predicted octanol–water partition coefficient (Wildman–Crippen LogP) is 1.59. The lowest BCUT2D eigenvalue weighted by Crippen LogP contribution is -2.50. The van der Waals surface area contributed by atoms with Crippen LogP contribution in [0.25, 0.3) is 0 Å². The van der Waals surface area contributed by atoms with Crippen molar-refractivity contribution in [3.8, 4) is 0 Å². The van der Waals surface area contributed by atoms with Crippen LogP contribution in [-0.2, 0) is 4.74 Å². The summed E-state index contributed by atoms with van der Waals surface area (Å²) in [5.41, 5.74) is 4.93. The molecule has 1 aromatic heterocycles. The zero-order valence-corrected chi connectivity index (χ0v) is 10.3. The number of aromatic nitrogens is 1. The summed E-state index contributed by atoms with van der Waals surface area (Å²) in [6.07, 6.45) is 1.31. The van der Waals surface area contributed by atoms with E-state index in [4.69, 9.17) is 14.9 Å². The monoisotopic (exact) mass is 239 g/mol. The number of carbonyl (C=O) groups is 1. The van der Waals surface area contributed by atoms with Crippen molar-refractivity contribution in [3.05, 3.63) is 12.0 Å². The molecule has 1 aromatic rings. The number of nitrogens with zero attached hydrogens (tertiary/aromatic N) is 2. The van der Waals surface area contributed by atoms with Gasteiger partial charge in [0.15, 0.2) is 0 Å². The summed E-state index contributed by atoms with van der Waals surface area (Å²) in [5, 5.41) is 0. The van der Waals surface area contributed by atoms with Crippen molar-refractivity contribution in [2.75, 3.05) is 18.8 Å². The molecule has 6 heteroatoms. The molecule has 17 heavy (non-hydrogen) atoms. The minimum absolute atomic E-state index is 0.163. The van der Waals surface area contributed by atoms with Crippen LogP contribution in [0.2, 0.25) is 0 Å². The lowest BCUT2D eigenvalue weighted by atomic mass is 9.99. The number of carbonyl (C=O) groups excluding carboxylic acids is 1. The zero-order chi connectivity index (χ0) is 12.6. The summed E-state index contributed by atoms with van der Waals surface area (Å²) in [7, 11) is 0. The normalized spacial score (nSPS) is 16.8. The molecule has 1 aliphatic rings. The van der Waals surface area contributed by atoms with Crippen LogP contribution in [0.1, 0.15) is 32.4 Å². The molecule has 0 radical (unpaired) electrons. The van der Waals surface area contributed by atoms with Gasteiger partial charge in [0.2, 0.25) is 0 Å². The van der Waals surface area contributed by atoms with Crippen molar-refractivity contribution in [1.29, 1.82) is 0 Å². The Balaban J connectivity index is 1.85. The molecule has 1 aliphatic heterocycles. The van der Waals surface area contributed by atoms with E-state index < -0.39 is 5.60 Å². The minimum atomic E-state index is -0.459. The van der Waals surface area contributed by atoms with Crippen molar-refractivity contribution < 1.29 is 13.9 Å². The second kappa shape index (κ2) is 3.94. The maximum absolute atomic E-state index is 11.7. The Bertz CT molecular complexity index is 416. The number of rotatable bonds is 1. The molecule has 94 valence electrons. The molecule has 0 spiro atoms. The molecule has 0 aromatic carbocycles. The Morgan fingerprint density at radius 2 is 2.24 bits per heavy atom. The van der Waals surface area contributed by atoms with Crippen LogP contribution in [0.5, 0.6) is 0 Å². The van der Waals surface area contributed by atoms with Crippen LogP contribution in [0.4, 0.5) is 10.8 Å². The van der Waals surface area contributed by atoms with Crippen LogP contribution in [-0.4, -0.2) is 34.7 Å². The van der Waals surface area contributed by atoms with Crippen molar-refractivity contribution >= 4 is 12.1 Å². The van der Waals surface area contributed by atoms with Crippen molar-refractivity contribution in [1.82, 2.24) is 9.88 Å². The number of anilines is 1. The standard InChI is InChI=1S/C11H17N3O3/c1-11(2,3)17-10(15)14-5-7(6-14)8-4-13-9(12)16-8/h4,7H,5-6H2,1-3H3,(H2,12,13). The molecule has 1 fully saturated rings. The molecule has 0 unspecified atom stereocenters. The molecule has 2 heterocycles. The van der Waals surface area contributed by atoms with Crippen LogP contribution in [0.15, 0.2) is 10.6 Å². The summed E-state index contributed by atoms with van der Waals surface area (Å²) in [6, 6.07) is 0.163. The quantitative estimate of drug-likeness (QED) is 0.804. The molecule has 1 amide bonds. The summed E-state index contributed by atoms with van der Waals surface area (Å²) in [6.45, 7) is 6.71. The van der Waals surface area contributed by atoms with Gasteiger partial charge in [-0.15, -0.1) is 0 Å². The Morgan fingerprint density at radius 3 is 2.71 bits per heavy atom. The SMILES string of the molecule is CC(C)(C)OC(=O)N1CC(c2cnc(N)o2)C1. The van der Waals surface area contributed by atoms with Crippen molar-refractivity contribution in [3.63, 3.8) is 0 Å². The van der Waals surface area contributed by atoms with Gasteiger partial charge in [-0.05, 0) is 20.8 Å². The number of nitrogen functional groups attached to an aromatic ring is 1. The van der Waals surface area contributed by atoms with Gasteiger partial charge in [-0.1, -0.05) is 0 Å². The van der Waals surface area contributed by atoms with E-state index in [1.165, 1.54) is 0 Å². The summed E-state index contributed by atoms with van der Waals surface area (Å²) in [4.78, 5) is 17.1. The van der Waals surface area contributed by atoms with Gasteiger partial charge < -0.3 is 19.8 Å². The number of likely N-dealkylation sites (tertiary alicyclic amines) is 1. The number of hydrogen-bond donors (Lipinski definition) is 1. The zero-order valence-electron chi connectivity index (χ0n) is 10.3. The van der Waals surface area contributed by atoms with Crippen molar-refractivity contribution in [2.24, 2.45) is 0 Å². The first kappa shape index (κ1) is 11.8. The first-order chi connectivity index (χ1) is 7.85. The lowest BCUT2D eigenvalue weighted by Gasteiger charge is -2.38. The average molecular weight is 239 g/mol. The molecular formula is C11H17N3O3. The van der Waals surface area contributed by atoms with E-state index >= 15 is 0 Å². The first-order valence-electron chi connectivity index (χ1n) is 5.54. The van der Waals surface area contributed by atoms with Gasteiger partial charge in [0.05, 0.1) is 12.1 Å². The summed E-state index contributed by atoms with van der Waals surface area (Å²) in [5.74, 6) is 0.898. The van der Waals surface area contributed by atoms with Crippen LogP contribution in [0, 0.1) is 0 Å². The van der Waals surface area contributed by atoms with E-state index in [0.717, 1.165) is 5.76 Å². The van der Waals surface area contributed by atoms with E-state index in [1.807, 2.05) is 20.8 Å². The molecule has 0 saturated carbocycles. The van der Waals surface area contributed by atoms with Gasteiger partial charge in [0.1, 0.15) is 11.4 Å². The third-order valence-corrected chi connectivity index (χ3v) is 2.48. The van der Waals surface area contributed by atoms with Gasteiger partial charge in [0, 0.05) is 13.1 Å². The lowest BCUT2D eigenvalue weighted by molar-refractivity contribution is 0.00660. The van der Waals surface area contributed by atoms with Crippen molar-refractivity contribution in [2.45, 2.75) is 32.3 Å². The molecule has 0 atom stereocenters. The number of ether oxygens (including phenoxy) is 1. The van der Waals surface area contributed by atoms with Crippen LogP contribution in [0.3, 0.4) is 0 Å². The molecule has 0 bridgehead atoms. The van der Waals surface area contributed by atoms with Crippen LogP contribution >= 0.6 is 0 Å². The van der Waals surface area contributed by atoms with E-state index in [2.05, 4.69) is 4.98 Å². The highest BCUT2D eigenvalue weighted by atomic mass is 16.6. The van der Waals surface area contributed by atoms with Crippen LogP contribution < -0.4 is 5.73 Å². The molecular weight excluding hydrogens is 222 g/mol. The molecule has 2 N–H and O–H groups in total. The summed E-state index contributed by atoms with van der Waals surface area (Å²) >= 11 is 0. The number of oxazole rings is 1. The fourth-order valence-corrected chi connectivity index (χ4v) is 1.62. The molecule has 0 aliphatic carbocycles. The highest BCUT2D eigenvalue weighted by Gasteiger charge is 2.36. The van der Waals surface area contributed by atoms with Gasteiger partial charge in [-0.25, -0.2) is 9.78 Å². The molecule has 2 rings (SSSR count). The van der Waals surface area contributed by atoms with E-state index in [9.17, 15) is 4.79 Å². The molecule has 1 saturated heterocycles. The smallest absolute Gasteiger partial charge is 0.410 e. The van der Waals surface area contributed by atoms with Gasteiger partial charge in [0.25, 0.3) is 6.01 Å². The Kier molecular flexibility index (Phi) is 2.73. The van der Waals surface area contributed by atoms with E-state index in [0.29, 0.717) is 13.1 Å². The van der Waals surface area contributed by atoms with Gasteiger partial charge in [-0.2, -0.15) is 0 Å². The Morgan fingerprint density at radius 1 is 1.59 bits per heavy atom. The third-order valence-electron chi connectivity index (χ3n) is 2.48. The molecule has 6 nitrogen and oxygen atoms in total. The first-order valence-corrected chi connectivity index (χ1v) is 5.54. The fraction of sp³-hybridized carbons (Fsp3) is 0.636. The van der Waals surface area contributed by atoms with Gasteiger partial charge in [-0.3, -0.25) is 0 Å². The second-order valence-electron chi connectivity index (χ2n) is 5.18. The predicted molar refractivity (Wildman–Crippen MR) is 61.5 cm³/mol. The maximum atomic E-state index is 11.7. The fourth-order valence-electron chi connectivity index (χ4n) is 1.62. The largest absolute Gasteiger partial charge is 0.444 e. The van der Waals surface area contributed by atoms with E-state index in [1.54, 1.807) is 11.1 Å². The average Bonchev–Trinajstić information content (AvgIpc) is 2.45. The Labute approximate surface area is 99.7 Å².